The van der Waals surface area contributed by atoms with Gasteiger partial charge in [-0.15, -0.1) is 0 Å². The van der Waals surface area contributed by atoms with Crippen LogP contribution in [0.4, 0.5) is 8.78 Å². The Hall–Kier alpha value is -2.89. The number of carbonyl (C=O) groups excluding carboxylic acids is 1. The van der Waals surface area contributed by atoms with Crippen molar-refractivity contribution in [2.24, 2.45) is 10.7 Å². The first kappa shape index (κ1) is 17.9. The van der Waals surface area contributed by atoms with Gasteiger partial charge in [-0.3, -0.25) is 4.79 Å². The molecule has 3 rings (SSSR count). The van der Waals surface area contributed by atoms with Gasteiger partial charge in [0.05, 0.1) is 18.2 Å². The zero-order chi connectivity index (χ0) is 18.9. The van der Waals surface area contributed by atoms with Crippen LogP contribution in [0.1, 0.15) is 19.3 Å². The number of aliphatic imine (C=N–C) groups is 1. The van der Waals surface area contributed by atoms with E-state index in [4.69, 9.17) is 11.0 Å². The van der Waals surface area contributed by atoms with E-state index in [1.807, 2.05) is 0 Å². The summed E-state index contributed by atoms with van der Waals surface area (Å²) in [6.07, 6.45) is 4.98. The van der Waals surface area contributed by atoms with Crippen LogP contribution < -0.4 is 11.1 Å². The lowest BCUT2D eigenvalue weighted by Crippen LogP contribution is -2.80. The lowest BCUT2D eigenvalue weighted by atomic mass is 9.74. The fraction of sp³-hybridized carbons (Fsp3) is 0.471. The molecule has 1 spiro atoms. The van der Waals surface area contributed by atoms with Crippen molar-refractivity contribution in [2.75, 3.05) is 19.6 Å². The normalized spacial score (nSPS) is 30.0. The standard InChI is InChI=1S/C17H20F2N6O/c1-2-22-15-12(5-8-23-15)14(21)24-9-3-6-16(10-24)17(18,19)11-25(16)13(26)4-7-20/h2,5,8H,1,3-4,6,9-11,21H2,(H,22,23)/b14-12+. The van der Waals surface area contributed by atoms with E-state index in [-0.39, 0.29) is 13.0 Å². The molecule has 2 saturated heterocycles. The second-order valence-electron chi connectivity index (χ2n) is 6.51. The van der Waals surface area contributed by atoms with E-state index >= 15 is 0 Å². The van der Waals surface area contributed by atoms with Gasteiger partial charge in [0.25, 0.3) is 5.92 Å². The van der Waals surface area contributed by atoms with Crippen molar-refractivity contribution in [1.82, 2.24) is 15.1 Å². The lowest BCUT2D eigenvalue weighted by Gasteiger charge is -2.61. The van der Waals surface area contributed by atoms with Crippen LogP contribution >= 0.6 is 0 Å². The molecular weight excluding hydrogens is 342 g/mol. The molecule has 0 radical (unpaired) electrons. The van der Waals surface area contributed by atoms with Crippen molar-refractivity contribution in [3.63, 3.8) is 0 Å². The Balaban J connectivity index is 1.90. The number of hydrogen-bond donors (Lipinski definition) is 2. The summed E-state index contributed by atoms with van der Waals surface area (Å²) in [4.78, 5) is 19.0. The molecule has 7 nitrogen and oxygen atoms in total. The number of hydrogen-bond acceptors (Lipinski definition) is 5. The number of nitrogens with two attached hydrogens (primary N) is 1. The molecule has 0 aromatic rings. The summed E-state index contributed by atoms with van der Waals surface area (Å²) in [6.45, 7) is 3.31. The molecule has 3 aliphatic rings. The molecule has 0 aromatic carbocycles. The van der Waals surface area contributed by atoms with Crippen LogP contribution in [0, 0.1) is 11.3 Å². The average molecular weight is 362 g/mol. The van der Waals surface area contributed by atoms with E-state index < -0.39 is 30.3 Å². The maximum atomic E-state index is 14.5. The van der Waals surface area contributed by atoms with Gasteiger partial charge in [-0.1, -0.05) is 6.58 Å². The summed E-state index contributed by atoms with van der Waals surface area (Å²) in [6, 6.07) is 1.74. The van der Waals surface area contributed by atoms with Crippen molar-refractivity contribution >= 4 is 11.7 Å². The van der Waals surface area contributed by atoms with Gasteiger partial charge in [-0.05, 0) is 18.9 Å². The predicted molar refractivity (Wildman–Crippen MR) is 91.5 cm³/mol. The summed E-state index contributed by atoms with van der Waals surface area (Å²) in [5, 5.41) is 11.6. The third-order valence-corrected chi connectivity index (χ3v) is 5.12. The molecule has 9 heteroatoms. The van der Waals surface area contributed by atoms with Gasteiger partial charge in [0, 0.05) is 25.5 Å². The van der Waals surface area contributed by atoms with Crippen LogP contribution in [0.5, 0.6) is 0 Å². The topological polar surface area (TPSA) is 97.8 Å². The van der Waals surface area contributed by atoms with Crippen LogP contribution in [-0.4, -0.2) is 52.6 Å². The van der Waals surface area contributed by atoms with Crippen LogP contribution in [0.15, 0.2) is 41.4 Å². The smallest absolute Gasteiger partial charge is 0.289 e. The van der Waals surface area contributed by atoms with Crippen molar-refractivity contribution in [3.05, 3.63) is 36.4 Å². The van der Waals surface area contributed by atoms with Crippen LogP contribution in [-0.2, 0) is 4.79 Å². The highest BCUT2D eigenvalue weighted by molar-refractivity contribution is 6.04. The third-order valence-electron chi connectivity index (χ3n) is 5.12. The highest BCUT2D eigenvalue weighted by atomic mass is 19.3. The van der Waals surface area contributed by atoms with Crippen molar-refractivity contribution in [1.29, 1.82) is 5.26 Å². The molecule has 0 bridgehead atoms. The molecule has 3 heterocycles. The van der Waals surface area contributed by atoms with Gasteiger partial charge >= 0.3 is 0 Å². The number of amidine groups is 1. The lowest BCUT2D eigenvalue weighted by molar-refractivity contribution is -0.253. The van der Waals surface area contributed by atoms with Crippen molar-refractivity contribution < 1.29 is 13.6 Å². The third kappa shape index (κ3) is 2.62. The van der Waals surface area contributed by atoms with E-state index in [1.54, 1.807) is 23.2 Å². The number of nitriles is 1. The summed E-state index contributed by atoms with van der Waals surface area (Å²) < 4.78 is 29.0. The Morgan fingerprint density at radius 1 is 1.54 bits per heavy atom. The second-order valence-corrected chi connectivity index (χ2v) is 6.51. The largest absolute Gasteiger partial charge is 0.385 e. The minimum Gasteiger partial charge on any atom is -0.385 e. The minimum absolute atomic E-state index is 0.0816. The monoisotopic (exact) mass is 362 g/mol. The molecule has 1 atom stereocenters. The molecule has 3 aliphatic heterocycles. The molecule has 0 aliphatic carbocycles. The van der Waals surface area contributed by atoms with Gasteiger partial charge in [-0.2, -0.15) is 5.26 Å². The summed E-state index contributed by atoms with van der Waals surface area (Å²) in [5.74, 6) is -2.76. The number of amides is 1. The summed E-state index contributed by atoms with van der Waals surface area (Å²) in [5.41, 5.74) is 5.22. The fourth-order valence-corrected chi connectivity index (χ4v) is 3.79. The maximum absolute atomic E-state index is 14.5. The Kier molecular flexibility index (Phi) is 4.44. The first-order valence-corrected chi connectivity index (χ1v) is 8.28. The molecule has 3 N–H and O–H groups in total. The van der Waals surface area contributed by atoms with Gasteiger partial charge < -0.3 is 20.9 Å². The first-order valence-electron chi connectivity index (χ1n) is 8.28. The molecule has 26 heavy (non-hydrogen) atoms. The van der Waals surface area contributed by atoms with Gasteiger partial charge in [0.2, 0.25) is 5.91 Å². The molecule has 0 aromatic heterocycles. The van der Waals surface area contributed by atoms with E-state index in [9.17, 15) is 13.6 Å². The van der Waals surface area contributed by atoms with Gasteiger partial charge in [-0.25, -0.2) is 13.8 Å². The predicted octanol–water partition coefficient (Wildman–Crippen LogP) is 1.04. The zero-order valence-corrected chi connectivity index (χ0v) is 14.2. The van der Waals surface area contributed by atoms with E-state index in [1.165, 1.54) is 6.20 Å². The number of carbonyl (C=O) groups is 1. The Morgan fingerprint density at radius 3 is 2.96 bits per heavy atom. The number of rotatable bonds is 3. The summed E-state index contributed by atoms with van der Waals surface area (Å²) in [7, 11) is 0. The molecule has 1 amide bonds. The van der Waals surface area contributed by atoms with Crippen molar-refractivity contribution in [3.8, 4) is 6.07 Å². The molecule has 2 fully saturated rings. The van der Waals surface area contributed by atoms with Crippen LogP contribution in [0.3, 0.4) is 0 Å². The van der Waals surface area contributed by atoms with Gasteiger partial charge in [0.15, 0.2) is 0 Å². The van der Waals surface area contributed by atoms with E-state index in [0.29, 0.717) is 30.2 Å². The first-order chi connectivity index (χ1) is 12.4. The second kappa shape index (κ2) is 6.44. The number of nitrogens with one attached hydrogen (secondary N) is 1. The van der Waals surface area contributed by atoms with Crippen molar-refractivity contribution in [2.45, 2.75) is 30.7 Å². The summed E-state index contributed by atoms with van der Waals surface area (Å²) >= 11 is 0. The number of piperidine rings is 1. The number of alkyl halides is 2. The highest BCUT2D eigenvalue weighted by Gasteiger charge is 2.69. The van der Waals surface area contributed by atoms with E-state index in [0.717, 1.165) is 4.90 Å². The van der Waals surface area contributed by atoms with Crippen LogP contribution in [0.25, 0.3) is 0 Å². The Morgan fingerprint density at radius 2 is 2.31 bits per heavy atom. The molecule has 138 valence electrons. The zero-order valence-electron chi connectivity index (χ0n) is 14.2. The Bertz CT molecular complexity index is 766. The maximum Gasteiger partial charge on any atom is 0.289 e. The molecule has 1 unspecified atom stereocenters. The fourth-order valence-electron chi connectivity index (χ4n) is 3.79. The average Bonchev–Trinajstić information content (AvgIpc) is 3.08. The van der Waals surface area contributed by atoms with Gasteiger partial charge in [0.1, 0.15) is 23.6 Å². The molecular formula is C17H20F2N6O. The highest BCUT2D eigenvalue weighted by Crippen LogP contribution is 2.50. The van der Waals surface area contributed by atoms with Crippen LogP contribution in [0.2, 0.25) is 0 Å². The number of halogens is 2. The minimum atomic E-state index is -3.01. The quantitative estimate of drug-likeness (QED) is 0.782. The number of likely N-dealkylation sites (tertiary alicyclic amines) is 2. The number of nitrogens with zero attached hydrogens (tertiary/aromatic N) is 4. The Labute approximate surface area is 150 Å². The molecule has 0 saturated carbocycles. The van der Waals surface area contributed by atoms with E-state index in [2.05, 4.69) is 16.9 Å². The SMILES string of the molecule is C=C/N=C1/NC=C/C1=C(/N)N1CCCC2(C1)N(C(=O)CC#N)CC2(F)F.